The molecule has 2 aromatic rings. The number of methoxy groups -OCH3 is 1. The molecular formula is C19H19F3N2O2. The first-order chi connectivity index (χ1) is 12.2. The van der Waals surface area contributed by atoms with E-state index in [-0.39, 0.29) is 18.2 Å². The highest BCUT2D eigenvalue weighted by Crippen LogP contribution is 2.32. The fourth-order valence-electron chi connectivity index (χ4n) is 2.50. The molecule has 138 valence electrons. The SMILES string of the molecule is COC(CC(=N)OC(C)=N)c1cccc(-c2ccc(C(F)(F)F)cc2)c1. The van der Waals surface area contributed by atoms with Crippen molar-refractivity contribution in [1.82, 2.24) is 0 Å². The van der Waals surface area contributed by atoms with Gasteiger partial charge in [-0.05, 0) is 34.9 Å². The molecule has 2 aromatic carbocycles. The fraction of sp³-hybridized carbons (Fsp3) is 0.263. The van der Waals surface area contributed by atoms with E-state index in [1.807, 2.05) is 6.07 Å². The van der Waals surface area contributed by atoms with E-state index in [0.29, 0.717) is 5.56 Å². The monoisotopic (exact) mass is 364 g/mol. The molecule has 0 radical (unpaired) electrons. The lowest BCUT2D eigenvalue weighted by atomic mass is 9.98. The number of rotatable bonds is 5. The molecule has 0 spiro atoms. The maximum absolute atomic E-state index is 12.7. The summed E-state index contributed by atoms with van der Waals surface area (Å²) in [6.07, 6.45) is -4.69. The molecule has 0 aliphatic carbocycles. The van der Waals surface area contributed by atoms with Gasteiger partial charge in [0.25, 0.3) is 0 Å². The van der Waals surface area contributed by atoms with Gasteiger partial charge in [-0.3, -0.25) is 10.8 Å². The number of ether oxygens (including phenoxy) is 2. The minimum atomic E-state index is -4.37. The average molecular weight is 364 g/mol. The Morgan fingerprint density at radius 1 is 1.04 bits per heavy atom. The van der Waals surface area contributed by atoms with Crippen molar-refractivity contribution in [3.63, 3.8) is 0 Å². The smallest absolute Gasteiger partial charge is 0.416 e. The van der Waals surface area contributed by atoms with E-state index >= 15 is 0 Å². The van der Waals surface area contributed by atoms with Crippen molar-refractivity contribution in [3.8, 4) is 11.1 Å². The first-order valence-corrected chi connectivity index (χ1v) is 7.81. The average Bonchev–Trinajstić information content (AvgIpc) is 2.58. The predicted molar refractivity (Wildman–Crippen MR) is 93.5 cm³/mol. The van der Waals surface area contributed by atoms with Gasteiger partial charge in [0.05, 0.1) is 18.1 Å². The minimum Gasteiger partial charge on any atom is -0.430 e. The van der Waals surface area contributed by atoms with Crippen LogP contribution in [0.5, 0.6) is 0 Å². The van der Waals surface area contributed by atoms with Crippen molar-refractivity contribution in [2.24, 2.45) is 0 Å². The highest BCUT2D eigenvalue weighted by molar-refractivity contribution is 5.87. The first kappa shape index (κ1) is 19.7. The van der Waals surface area contributed by atoms with Gasteiger partial charge in [-0.1, -0.05) is 30.3 Å². The van der Waals surface area contributed by atoms with Crippen molar-refractivity contribution in [2.75, 3.05) is 7.11 Å². The maximum atomic E-state index is 12.7. The number of hydrogen-bond acceptors (Lipinski definition) is 4. The molecule has 0 fully saturated rings. The summed E-state index contributed by atoms with van der Waals surface area (Å²) < 4.78 is 48.4. The number of benzene rings is 2. The second-order valence-corrected chi connectivity index (χ2v) is 5.71. The van der Waals surface area contributed by atoms with E-state index in [4.69, 9.17) is 20.3 Å². The van der Waals surface area contributed by atoms with Crippen LogP contribution >= 0.6 is 0 Å². The fourth-order valence-corrected chi connectivity index (χ4v) is 2.50. The number of hydrogen-bond donors (Lipinski definition) is 2. The van der Waals surface area contributed by atoms with Gasteiger partial charge in [0.1, 0.15) is 0 Å². The summed E-state index contributed by atoms with van der Waals surface area (Å²) >= 11 is 0. The molecule has 0 aliphatic heterocycles. The van der Waals surface area contributed by atoms with Crippen LogP contribution in [0.2, 0.25) is 0 Å². The van der Waals surface area contributed by atoms with Crippen LogP contribution in [0.25, 0.3) is 11.1 Å². The Morgan fingerprint density at radius 3 is 2.23 bits per heavy atom. The molecule has 2 rings (SSSR count). The van der Waals surface area contributed by atoms with Gasteiger partial charge in [0, 0.05) is 14.0 Å². The molecule has 0 saturated carbocycles. The Labute approximate surface area is 149 Å². The third-order valence-electron chi connectivity index (χ3n) is 3.74. The Kier molecular flexibility index (Phi) is 6.15. The topological polar surface area (TPSA) is 66.2 Å². The number of halogens is 3. The Balaban J connectivity index is 2.23. The van der Waals surface area contributed by atoms with Crippen LogP contribution in [0.15, 0.2) is 48.5 Å². The van der Waals surface area contributed by atoms with Crippen LogP contribution in [-0.4, -0.2) is 18.9 Å². The standard InChI is InChI=1S/C19H19F3N2O2/c1-12(23)26-18(24)11-17(25-2)15-5-3-4-14(10-15)13-6-8-16(9-7-13)19(20,21)22/h3-10,17,23-24H,11H2,1-2H3. The number of alkyl halides is 3. The molecule has 4 nitrogen and oxygen atoms in total. The molecular weight excluding hydrogens is 345 g/mol. The Hall–Kier alpha value is -2.67. The van der Waals surface area contributed by atoms with Gasteiger partial charge >= 0.3 is 6.18 Å². The number of nitrogens with one attached hydrogen (secondary N) is 2. The summed E-state index contributed by atoms with van der Waals surface area (Å²) in [6, 6.07) is 12.1. The molecule has 0 bridgehead atoms. The second-order valence-electron chi connectivity index (χ2n) is 5.71. The van der Waals surface area contributed by atoms with Crippen LogP contribution in [0, 0.1) is 10.8 Å². The molecule has 0 saturated heterocycles. The highest BCUT2D eigenvalue weighted by Gasteiger charge is 2.30. The molecule has 0 aliphatic rings. The van der Waals surface area contributed by atoms with E-state index in [1.54, 1.807) is 18.2 Å². The lowest BCUT2D eigenvalue weighted by Gasteiger charge is -2.17. The maximum Gasteiger partial charge on any atom is 0.416 e. The molecule has 0 aromatic heterocycles. The third kappa shape index (κ3) is 5.16. The normalized spacial score (nSPS) is 12.5. The van der Waals surface area contributed by atoms with Crippen LogP contribution in [0.3, 0.4) is 0 Å². The second kappa shape index (κ2) is 8.14. The Morgan fingerprint density at radius 2 is 1.69 bits per heavy atom. The molecule has 1 unspecified atom stereocenters. The molecule has 7 heteroatoms. The van der Waals surface area contributed by atoms with Gasteiger partial charge in [0.2, 0.25) is 0 Å². The Bertz CT molecular complexity index is 786. The first-order valence-electron chi connectivity index (χ1n) is 7.81. The van der Waals surface area contributed by atoms with Gasteiger partial charge in [-0.2, -0.15) is 13.2 Å². The molecule has 1 atom stereocenters. The van der Waals surface area contributed by atoms with Crippen LogP contribution < -0.4 is 0 Å². The van der Waals surface area contributed by atoms with E-state index in [2.05, 4.69) is 0 Å². The van der Waals surface area contributed by atoms with E-state index in [0.717, 1.165) is 23.3 Å². The van der Waals surface area contributed by atoms with E-state index in [9.17, 15) is 13.2 Å². The summed E-state index contributed by atoms with van der Waals surface area (Å²) in [5.74, 6) is -0.173. The summed E-state index contributed by atoms with van der Waals surface area (Å²) in [5, 5.41) is 15.0. The molecule has 0 heterocycles. The molecule has 0 amide bonds. The van der Waals surface area contributed by atoms with Crippen LogP contribution in [0.4, 0.5) is 13.2 Å². The van der Waals surface area contributed by atoms with Gasteiger partial charge < -0.3 is 9.47 Å². The minimum absolute atomic E-state index is 0.0802. The van der Waals surface area contributed by atoms with Gasteiger partial charge in [0.15, 0.2) is 11.8 Å². The summed E-state index contributed by atoms with van der Waals surface area (Å²) in [4.78, 5) is 0. The lowest BCUT2D eigenvalue weighted by Crippen LogP contribution is -2.13. The summed E-state index contributed by atoms with van der Waals surface area (Å²) in [7, 11) is 1.50. The highest BCUT2D eigenvalue weighted by atomic mass is 19.4. The molecule has 26 heavy (non-hydrogen) atoms. The van der Waals surface area contributed by atoms with Crippen LogP contribution in [0.1, 0.15) is 30.6 Å². The summed E-state index contributed by atoms with van der Waals surface area (Å²) in [6.45, 7) is 1.43. The lowest BCUT2D eigenvalue weighted by molar-refractivity contribution is -0.137. The van der Waals surface area contributed by atoms with Crippen molar-refractivity contribution >= 4 is 11.8 Å². The van der Waals surface area contributed by atoms with E-state index < -0.39 is 17.8 Å². The quantitative estimate of drug-likeness (QED) is 0.548. The zero-order valence-corrected chi connectivity index (χ0v) is 14.4. The van der Waals surface area contributed by atoms with Crippen LogP contribution in [-0.2, 0) is 15.7 Å². The zero-order valence-electron chi connectivity index (χ0n) is 14.4. The molecule has 2 N–H and O–H groups in total. The predicted octanol–water partition coefficient (Wildman–Crippen LogP) is 5.44. The van der Waals surface area contributed by atoms with Gasteiger partial charge in [-0.25, -0.2) is 0 Å². The van der Waals surface area contributed by atoms with Crippen molar-refractivity contribution in [2.45, 2.75) is 25.6 Å². The van der Waals surface area contributed by atoms with Gasteiger partial charge in [-0.15, -0.1) is 0 Å². The van der Waals surface area contributed by atoms with E-state index in [1.165, 1.54) is 26.2 Å². The van der Waals surface area contributed by atoms with Crippen molar-refractivity contribution in [1.29, 1.82) is 10.8 Å². The zero-order chi connectivity index (χ0) is 19.3. The summed E-state index contributed by atoms with van der Waals surface area (Å²) in [5.41, 5.74) is 1.46. The van der Waals surface area contributed by atoms with Crippen molar-refractivity contribution in [3.05, 3.63) is 59.7 Å². The van der Waals surface area contributed by atoms with Crippen molar-refractivity contribution < 1.29 is 22.6 Å². The third-order valence-corrected chi connectivity index (χ3v) is 3.74. The largest absolute Gasteiger partial charge is 0.430 e.